The lowest BCUT2D eigenvalue weighted by Gasteiger charge is -2.43. The molecule has 5 rings (SSSR count). The molecule has 1 aliphatic heterocycles. The molecule has 1 saturated heterocycles. The molecular formula is C39H47BFNO5. The Bertz CT molecular complexity index is 1630. The van der Waals surface area contributed by atoms with Crippen LogP contribution in [0.25, 0.3) is 22.4 Å². The molecule has 47 heavy (non-hydrogen) atoms. The first-order valence-corrected chi connectivity index (χ1v) is 16.6. The first-order valence-electron chi connectivity index (χ1n) is 16.6. The van der Waals surface area contributed by atoms with Crippen LogP contribution < -0.4 is 10.2 Å². The van der Waals surface area contributed by atoms with Crippen LogP contribution in [0.15, 0.2) is 84.9 Å². The van der Waals surface area contributed by atoms with E-state index in [1.807, 2.05) is 75.4 Å². The van der Waals surface area contributed by atoms with Crippen molar-refractivity contribution in [3.05, 3.63) is 96.4 Å². The number of nitrogens with zero attached hydrogens (tertiary/aromatic N) is 1. The Morgan fingerprint density at radius 1 is 1.02 bits per heavy atom. The molecule has 6 nitrogen and oxygen atoms in total. The maximum Gasteiger partial charge on any atom is 0.494 e. The normalized spacial score (nSPS) is 18.4. The molecule has 0 amide bonds. The van der Waals surface area contributed by atoms with E-state index in [0.717, 1.165) is 33.6 Å². The summed E-state index contributed by atoms with van der Waals surface area (Å²) in [5, 5.41) is 0. The first kappa shape index (κ1) is 34.5. The van der Waals surface area contributed by atoms with Gasteiger partial charge >= 0.3 is 13.1 Å². The van der Waals surface area contributed by atoms with Crippen molar-refractivity contribution in [2.24, 2.45) is 0 Å². The van der Waals surface area contributed by atoms with Crippen LogP contribution in [0.3, 0.4) is 0 Å². The summed E-state index contributed by atoms with van der Waals surface area (Å²) >= 11 is 0. The van der Waals surface area contributed by atoms with E-state index >= 15 is 0 Å². The zero-order valence-electron chi connectivity index (χ0n) is 28.7. The predicted octanol–water partition coefficient (Wildman–Crippen LogP) is 8.56. The lowest BCUT2D eigenvalue weighted by molar-refractivity contribution is -0.163. The minimum Gasteiger partial charge on any atom is -0.497 e. The fourth-order valence-corrected chi connectivity index (χ4v) is 6.44. The third-order valence-electron chi connectivity index (χ3n) is 8.79. The van der Waals surface area contributed by atoms with Crippen LogP contribution in [0.2, 0.25) is 0 Å². The van der Waals surface area contributed by atoms with Crippen LogP contribution in [0.4, 0.5) is 4.39 Å². The van der Waals surface area contributed by atoms with E-state index in [0.29, 0.717) is 25.8 Å². The molecule has 0 spiro atoms. The van der Waals surface area contributed by atoms with Crippen LogP contribution in [-0.4, -0.2) is 42.1 Å². The Morgan fingerprint density at radius 3 is 2.30 bits per heavy atom. The number of esters is 1. The Labute approximate surface area is 279 Å². The highest BCUT2D eigenvalue weighted by Crippen LogP contribution is 2.40. The minimum absolute atomic E-state index is 0.132. The van der Waals surface area contributed by atoms with Gasteiger partial charge in [-0.3, -0.25) is 4.79 Å². The largest absolute Gasteiger partial charge is 0.497 e. The lowest BCUT2D eigenvalue weighted by Crippen LogP contribution is -2.55. The zero-order chi connectivity index (χ0) is 33.8. The number of aromatic nitrogens is 1. The predicted molar refractivity (Wildman–Crippen MR) is 186 cm³/mol. The Morgan fingerprint density at radius 2 is 1.70 bits per heavy atom. The van der Waals surface area contributed by atoms with Gasteiger partial charge in [-0.2, -0.15) is 0 Å². The molecule has 248 valence electrons. The topological polar surface area (TPSA) is 58.9 Å². The van der Waals surface area contributed by atoms with Crippen molar-refractivity contribution < 1.29 is 28.0 Å². The van der Waals surface area contributed by atoms with Crippen LogP contribution in [0.1, 0.15) is 78.8 Å². The van der Waals surface area contributed by atoms with E-state index in [4.69, 9.17) is 18.8 Å². The number of hydrogen-bond acceptors (Lipinski definition) is 5. The number of hydrogen-bond donors (Lipinski definition) is 0. The van der Waals surface area contributed by atoms with Crippen LogP contribution in [-0.2, 0) is 25.4 Å². The van der Waals surface area contributed by atoms with Crippen molar-refractivity contribution in [1.82, 2.24) is 4.57 Å². The second-order valence-corrected chi connectivity index (χ2v) is 13.8. The van der Waals surface area contributed by atoms with Crippen LogP contribution in [0, 0.1) is 5.82 Å². The van der Waals surface area contributed by atoms with E-state index in [1.165, 1.54) is 17.8 Å². The third-order valence-corrected chi connectivity index (χ3v) is 8.79. The molecule has 3 aromatic carbocycles. The second kappa shape index (κ2) is 14.5. The average Bonchev–Trinajstić information content (AvgIpc) is 3.43. The monoisotopic (exact) mass is 639 g/mol. The minimum atomic E-state index is -0.762. The summed E-state index contributed by atoms with van der Waals surface area (Å²) in [6.07, 6.45) is 1.78. The number of carbonyl (C=O) groups excluding carboxylic acids is 1. The third kappa shape index (κ3) is 8.35. The quantitative estimate of drug-likeness (QED) is 0.122. The zero-order valence-corrected chi connectivity index (χ0v) is 28.7. The van der Waals surface area contributed by atoms with Crippen molar-refractivity contribution in [1.29, 1.82) is 0 Å². The van der Waals surface area contributed by atoms with Gasteiger partial charge in [0.2, 0.25) is 0 Å². The van der Waals surface area contributed by atoms with E-state index in [1.54, 1.807) is 7.11 Å². The highest BCUT2D eigenvalue weighted by atomic mass is 19.1. The van der Waals surface area contributed by atoms with Gasteiger partial charge in [0.25, 0.3) is 0 Å². The number of methoxy groups -OCH3 is 1. The molecule has 0 radical (unpaired) electrons. The molecular weight excluding hydrogens is 592 g/mol. The van der Waals surface area contributed by atoms with E-state index in [-0.39, 0.29) is 30.2 Å². The summed E-state index contributed by atoms with van der Waals surface area (Å²) in [7, 11) is 0.977. The van der Waals surface area contributed by atoms with Crippen molar-refractivity contribution in [2.45, 2.75) is 97.0 Å². The molecule has 0 unspecified atom stereocenters. The molecule has 0 saturated carbocycles. The van der Waals surface area contributed by atoms with Gasteiger partial charge < -0.3 is 23.3 Å². The van der Waals surface area contributed by atoms with Crippen LogP contribution >= 0.6 is 0 Å². The van der Waals surface area contributed by atoms with Gasteiger partial charge in [-0.1, -0.05) is 63.2 Å². The Kier molecular flexibility index (Phi) is 10.6. The molecule has 2 atom stereocenters. The molecule has 2 heterocycles. The van der Waals surface area contributed by atoms with Crippen molar-refractivity contribution in [3.63, 3.8) is 0 Å². The summed E-state index contributed by atoms with van der Waals surface area (Å²) in [5.74, 6) is 0.439. The van der Waals surface area contributed by atoms with E-state index < -0.39 is 18.3 Å². The second-order valence-electron chi connectivity index (χ2n) is 13.8. The van der Waals surface area contributed by atoms with Gasteiger partial charge in [-0.15, -0.1) is 0 Å². The summed E-state index contributed by atoms with van der Waals surface area (Å²) in [6, 6.07) is 27.0. The molecule has 4 aromatic rings. The Hall–Kier alpha value is -3.88. The van der Waals surface area contributed by atoms with E-state index in [2.05, 4.69) is 43.5 Å². The molecule has 0 aliphatic carbocycles. The van der Waals surface area contributed by atoms with E-state index in [9.17, 15) is 9.18 Å². The maximum atomic E-state index is 14.1. The highest BCUT2D eigenvalue weighted by Gasteiger charge is 2.46. The summed E-state index contributed by atoms with van der Waals surface area (Å²) in [5.41, 5.74) is 4.92. The highest BCUT2D eigenvalue weighted by molar-refractivity contribution is 6.61. The van der Waals surface area contributed by atoms with Crippen molar-refractivity contribution >= 4 is 18.6 Å². The lowest BCUT2D eigenvalue weighted by atomic mass is 9.72. The summed E-state index contributed by atoms with van der Waals surface area (Å²) in [6.45, 7) is 12.7. The van der Waals surface area contributed by atoms with Gasteiger partial charge in [-0.25, -0.2) is 4.39 Å². The average molecular weight is 640 g/mol. The van der Waals surface area contributed by atoms with Gasteiger partial charge in [-0.05, 0) is 98.6 Å². The molecule has 1 aromatic heterocycles. The smallest absolute Gasteiger partial charge is 0.494 e. The first-order chi connectivity index (χ1) is 22.4. The summed E-state index contributed by atoms with van der Waals surface area (Å²) < 4.78 is 40.9. The number of rotatable bonds is 11. The fourth-order valence-electron chi connectivity index (χ4n) is 6.44. The molecule has 1 fully saturated rings. The maximum absolute atomic E-state index is 14.1. The molecule has 0 N–H and O–H groups in total. The standard InChI is InChI=1S/C39H47BFNO5/c1-8-39(26-36(43)45-38(4,5)6)25-33(46-40(47-39)30-16-20-32(44-7)21-17-30)22-23-42-35(27(2)3)24-34(28-12-10-9-11-13-28)37(42)29-14-18-31(41)19-15-29/h9-21,24,27,33H,8,22-23,25-26H2,1-7H3/t33-,39-/m1/s1. The van der Waals surface area contributed by atoms with Crippen LogP contribution in [0.5, 0.6) is 5.75 Å². The van der Waals surface area contributed by atoms with Gasteiger partial charge in [0.05, 0.1) is 24.8 Å². The molecule has 1 aliphatic rings. The van der Waals surface area contributed by atoms with Crippen molar-refractivity contribution in [2.75, 3.05) is 7.11 Å². The van der Waals surface area contributed by atoms with Gasteiger partial charge in [0.1, 0.15) is 17.2 Å². The molecule has 0 bridgehead atoms. The molecule has 8 heteroatoms. The van der Waals surface area contributed by atoms with Gasteiger partial charge in [0.15, 0.2) is 0 Å². The van der Waals surface area contributed by atoms with Gasteiger partial charge in [0, 0.05) is 30.3 Å². The number of benzene rings is 3. The number of carbonyl (C=O) groups is 1. The Balaban J connectivity index is 1.51. The number of halogens is 1. The van der Waals surface area contributed by atoms with Crippen molar-refractivity contribution in [3.8, 4) is 28.1 Å². The SMILES string of the molecule is CC[C@]1(CC(=O)OC(C)(C)C)C[C@@H](CCn2c(C(C)C)cc(-c3ccccc3)c2-c2ccc(F)cc2)OB(c2ccc(OC)cc2)O1. The summed E-state index contributed by atoms with van der Waals surface area (Å²) in [4.78, 5) is 13.2. The fraction of sp³-hybridized carbons (Fsp3) is 0.410. The number of ether oxygens (including phenoxy) is 2.